The average molecular weight is 333 g/mol. The molecule has 0 saturated carbocycles. The fraction of sp³-hybridized carbons (Fsp3) is 0.125. The Hall–Kier alpha value is -2.73. The number of aromatic hydroxyl groups is 2. The number of rotatable bonds is 3. The molecule has 0 bridgehead atoms. The van der Waals surface area contributed by atoms with Crippen molar-refractivity contribution in [3.05, 3.63) is 53.1 Å². The Balaban J connectivity index is 1.69. The minimum Gasteiger partial charge on any atom is -0.507 e. The second-order valence-electron chi connectivity index (χ2n) is 5.00. The predicted octanol–water partition coefficient (Wildman–Crippen LogP) is 2.88. The average Bonchev–Trinajstić information content (AvgIpc) is 3.01. The summed E-state index contributed by atoms with van der Waals surface area (Å²) in [5.74, 6) is -0.484. The molecule has 23 heavy (non-hydrogen) atoms. The van der Waals surface area contributed by atoms with Crippen molar-refractivity contribution in [3.8, 4) is 11.5 Å². The minimum absolute atomic E-state index is 0.0726. The van der Waals surface area contributed by atoms with Crippen LogP contribution in [-0.4, -0.2) is 27.9 Å². The lowest BCUT2D eigenvalue weighted by atomic mass is 10.0. The summed E-state index contributed by atoms with van der Waals surface area (Å²) in [4.78, 5) is 17.3. The van der Waals surface area contributed by atoms with Crippen LogP contribution in [0.5, 0.6) is 11.5 Å². The van der Waals surface area contributed by atoms with Crippen LogP contribution in [-0.2, 0) is 9.63 Å². The number of nitrogens with one attached hydrogen (secondary N) is 1. The fourth-order valence-electron chi connectivity index (χ4n) is 2.22. The number of phenolic OH excluding ortho intramolecular Hbond substituents is 2. The zero-order valence-corrected chi connectivity index (χ0v) is 12.6. The Labute approximate surface area is 137 Å². The Bertz CT molecular complexity index is 791. The Morgan fingerprint density at radius 3 is 2.78 bits per heavy atom. The van der Waals surface area contributed by atoms with Crippen molar-refractivity contribution < 1.29 is 19.8 Å². The summed E-state index contributed by atoms with van der Waals surface area (Å²) in [5, 5.41) is 26.3. The molecule has 0 unspecified atom stereocenters. The van der Waals surface area contributed by atoms with Gasteiger partial charge in [0.05, 0.1) is 11.4 Å². The number of hydrogen-bond donors (Lipinski definition) is 3. The van der Waals surface area contributed by atoms with E-state index in [1.807, 2.05) is 0 Å². The third-order valence-electron chi connectivity index (χ3n) is 3.39. The number of benzene rings is 2. The molecule has 3 N–H and O–H groups in total. The van der Waals surface area contributed by atoms with Crippen LogP contribution in [0.3, 0.4) is 0 Å². The first-order chi connectivity index (χ1) is 11.0. The van der Waals surface area contributed by atoms with Gasteiger partial charge in [-0.05, 0) is 30.3 Å². The van der Waals surface area contributed by atoms with Gasteiger partial charge in [-0.2, -0.15) is 0 Å². The lowest BCUT2D eigenvalue weighted by Crippen LogP contribution is -2.28. The monoisotopic (exact) mass is 332 g/mol. The number of phenols is 2. The summed E-state index contributed by atoms with van der Waals surface area (Å²) >= 11 is 5.84. The molecule has 1 heterocycles. The number of carbonyl (C=O) groups is 1. The molecule has 1 aliphatic heterocycles. The highest BCUT2D eigenvalue weighted by molar-refractivity contribution is 6.31. The molecule has 0 aromatic heterocycles. The van der Waals surface area contributed by atoms with Crippen molar-refractivity contribution in [3.63, 3.8) is 0 Å². The van der Waals surface area contributed by atoms with Gasteiger partial charge in [-0.25, -0.2) is 0 Å². The molecule has 0 aliphatic carbocycles. The standard InChI is InChI=1S/C16H13ClN2O4/c17-9-5-6-14(21)12(7-9)18-16(22)15-8-11(19-23-15)10-3-1-2-4-13(10)20/h1-7,15,20-21H,8H2,(H,18,22)/t15-/m1/s1. The molecule has 118 valence electrons. The number of hydrogen-bond acceptors (Lipinski definition) is 5. The van der Waals surface area contributed by atoms with E-state index in [0.717, 1.165) is 0 Å². The van der Waals surface area contributed by atoms with Crippen molar-refractivity contribution >= 4 is 28.9 Å². The van der Waals surface area contributed by atoms with Gasteiger partial charge in [-0.1, -0.05) is 28.9 Å². The summed E-state index contributed by atoms with van der Waals surface area (Å²) in [6, 6.07) is 11.0. The molecule has 0 fully saturated rings. The van der Waals surface area contributed by atoms with E-state index in [0.29, 0.717) is 16.3 Å². The first-order valence-corrected chi connectivity index (χ1v) is 7.23. The molecule has 0 radical (unpaired) electrons. The zero-order chi connectivity index (χ0) is 16.4. The van der Waals surface area contributed by atoms with E-state index in [4.69, 9.17) is 16.4 Å². The van der Waals surface area contributed by atoms with Gasteiger partial charge < -0.3 is 20.4 Å². The van der Waals surface area contributed by atoms with Crippen molar-refractivity contribution in [1.29, 1.82) is 0 Å². The zero-order valence-electron chi connectivity index (χ0n) is 11.9. The molecule has 1 atom stereocenters. The summed E-state index contributed by atoms with van der Waals surface area (Å²) < 4.78 is 0. The lowest BCUT2D eigenvalue weighted by Gasteiger charge is -2.11. The molecule has 6 nitrogen and oxygen atoms in total. The first-order valence-electron chi connectivity index (χ1n) is 6.85. The maximum absolute atomic E-state index is 12.2. The van der Waals surface area contributed by atoms with Crippen molar-refractivity contribution in [2.45, 2.75) is 12.5 Å². The summed E-state index contributed by atoms with van der Waals surface area (Å²) in [6.07, 6.45) is -0.631. The normalized spacial score (nSPS) is 16.6. The predicted molar refractivity (Wildman–Crippen MR) is 85.9 cm³/mol. The van der Waals surface area contributed by atoms with Crippen LogP contribution in [0.1, 0.15) is 12.0 Å². The van der Waals surface area contributed by atoms with E-state index < -0.39 is 12.0 Å². The number of carbonyl (C=O) groups excluding carboxylic acids is 1. The van der Waals surface area contributed by atoms with Crippen molar-refractivity contribution in [2.75, 3.05) is 5.32 Å². The largest absolute Gasteiger partial charge is 0.507 e. The number of para-hydroxylation sites is 1. The van der Waals surface area contributed by atoms with E-state index in [9.17, 15) is 15.0 Å². The van der Waals surface area contributed by atoms with E-state index >= 15 is 0 Å². The summed E-state index contributed by atoms with van der Waals surface area (Å²) in [5.41, 5.74) is 1.20. The smallest absolute Gasteiger partial charge is 0.268 e. The van der Waals surface area contributed by atoms with E-state index in [2.05, 4.69) is 10.5 Å². The highest BCUT2D eigenvalue weighted by Gasteiger charge is 2.30. The van der Waals surface area contributed by atoms with Gasteiger partial charge in [-0.3, -0.25) is 4.79 Å². The quantitative estimate of drug-likeness (QED) is 0.754. The summed E-state index contributed by atoms with van der Waals surface area (Å²) in [6.45, 7) is 0. The van der Waals surface area contributed by atoms with Gasteiger partial charge in [-0.15, -0.1) is 0 Å². The molecule has 0 saturated heterocycles. The van der Waals surface area contributed by atoms with Crippen LogP contribution >= 0.6 is 11.6 Å². The van der Waals surface area contributed by atoms with E-state index in [1.165, 1.54) is 24.3 Å². The van der Waals surface area contributed by atoms with Crippen LogP contribution in [0.15, 0.2) is 47.6 Å². The molecule has 0 spiro atoms. The Kier molecular flexibility index (Phi) is 4.08. The molecule has 2 aromatic rings. The molecule has 1 aliphatic rings. The first kappa shape index (κ1) is 15.2. The molecular formula is C16H13ClN2O4. The molecule has 3 rings (SSSR count). The summed E-state index contributed by atoms with van der Waals surface area (Å²) in [7, 11) is 0. The Morgan fingerprint density at radius 2 is 2.00 bits per heavy atom. The van der Waals surface area contributed by atoms with Gasteiger partial charge in [0.2, 0.25) is 6.10 Å². The van der Waals surface area contributed by atoms with Crippen LogP contribution in [0, 0.1) is 0 Å². The number of anilines is 1. The second kappa shape index (κ2) is 6.18. The fourth-order valence-corrected chi connectivity index (χ4v) is 2.39. The SMILES string of the molecule is O=C(Nc1cc(Cl)ccc1O)[C@H]1CC(c2ccccc2O)=NO1. The second-order valence-corrected chi connectivity index (χ2v) is 5.44. The number of amides is 1. The topological polar surface area (TPSA) is 91.2 Å². The van der Waals surface area contributed by atoms with E-state index in [1.54, 1.807) is 18.2 Å². The van der Waals surface area contributed by atoms with Gasteiger partial charge in [0.15, 0.2) is 0 Å². The molecular weight excluding hydrogens is 320 g/mol. The van der Waals surface area contributed by atoms with Gasteiger partial charge >= 0.3 is 0 Å². The van der Waals surface area contributed by atoms with Gasteiger partial charge in [0.1, 0.15) is 11.5 Å². The highest BCUT2D eigenvalue weighted by atomic mass is 35.5. The molecule has 7 heteroatoms. The van der Waals surface area contributed by atoms with Crippen LogP contribution < -0.4 is 5.32 Å². The van der Waals surface area contributed by atoms with Crippen LogP contribution in [0.4, 0.5) is 5.69 Å². The number of nitrogens with zero attached hydrogens (tertiary/aromatic N) is 1. The molecule has 2 aromatic carbocycles. The lowest BCUT2D eigenvalue weighted by molar-refractivity contribution is -0.125. The maximum Gasteiger partial charge on any atom is 0.268 e. The third-order valence-corrected chi connectivity index (χ3v) is 3.63. The van der Waals surface area contributed by atoms with Crippen molar-refractivity contribution in [1.82, 2.24) is 0 Å². The number of halogens is 1. The minimum atomic E-state index is -0.844. The highest BCUT2D eigenvalue weighted by Crippen LogP contribution is 2.28. The Morgan fingerprint density at radius 1 is 1.22 bits per heavy atom. The van der Waals surface area contributed by atoms with Gasteiger partial charge in [0, 0.05) is 17.0 Å². The maximum atomic E-state index is 12.2. The van der Waals surface area contributed by atoms with Gasteiger partial charge in [0.25, 0.3) is 5.91 Å². The molecule has 1 amide bonds. The van der Waals surface area contributed by atoms with E-state index in [-0.39, 0.29) is 23.6 Å². The number of oxime groups is 1. The van der Waals surface area contributed by atoms with Crippen molar-refractivity contribution in [2.24, 2.45) is 5.16 Å². The van der Waals surface area contributed by atoms with Crippen LogP contribution in [0.25, 0.3) is 0 Å². The van der Waals surface area contributed by atoms with Crippen LogP contribution in [0.2, 0.25) is 5.02 Å². The third kappa shape index (κ3) is 3.22.